The Kier molecular flexibility index (Phi) is 8.03. The number of aromatic nitrogens is 1. The van der Waals surface area contributed by atoms with Gasteiger partial charge in [0, 0.05) is 29.6 Å². The number of benzene rings is 3. The van der Waals surface area contributed by atoms with E-state index in [1.807, 2.05) is 54.0 Å². The van der Waals surface area contributed by atoms with Crippen LogP contribution in [0.1, 0.15) is 41.4 Å². The van der Waals surface area contributed by atoms with Gasteiger partial charge in [0.15, 0.2) is 0 Å². The fraction of sp³-hybridized carbons (Fsp3) is 0.250. The van der Waals surface area contributed by atoms with Crippen LogP contribution in [0.2, 0.25) is 0 Å². The van der Waals surface area contributed by atoms with Crippen molar-refractivity contribution in [2.75, 3.05) is 6.54 Å². The molecule has 9 heteroatoms. The molecule has 1 aromatic heterocycles. The van der Waals surface area contributed by atoms with E-state index in [1.54, 1.807) is 24.3 Å². The van der Waals surface area contributed by atoms with Crippen molar-refractivity contribution in [1.29, 1.82) is 0 Å². The fourth-order valence-electron chi connectivity index (χ4n) is 4.02. The van der Waals surface area contributed by atoms with Gasteiger partial charge >= 0.3 is 6.36 Å². The SMILES string of the molecule is CCCCN(N)C(=O)c1ccc2c(c1)cc(COc1ccccc1)n2Cc1ccc(OC(F)(F)F)cc1. The van der Waals surface area contributed by atoms with E-state index in [4.69, 9.17) is 10.6 Å². The first-order valence-corrected chi connectivity index (χ1v) is 11.9. The highest BCUT2D eigenvalue weighted by Crippen LogP contribution is 2.27. The van der Waals surface area contributed by atoms with E-state index < -0.39 is 6.36 Å². The number of alkyl halides is 3. The van der Waals surface area contributed by atoms with Crippen LogP contribution in [0.3, 0.4) is 0 Å². The van der Waals surface area contributed by atoms with Gasteiger partial charge in [-0.15, -0.1) is 13.2 Å². The van der Waals surface area contributed by atoms with Gasteiger partial charge in [-0.2, -0.15) is 0 Å². The number of hydrazine groups is 1. The smallest absolute Gasteiger partial charge is 0.487 e. The predicted octanol–water partition coefficient (Wildman–Crippen LogP) is 6.28. The molecule has 0 saturated carbocycles. The highest BCUT2D eigenvalue weighted by Gasteiger charge is 2.31. The number of fused-ring (bicyclic) bond motifs is 1. The summed E-state index contributed by atoms with van der Waals surface area (Å²) < 4.78 is 49.5. The first kappa shape index (κ1) is 26.1. The van der Waals surface area contributed by atoms with Crippen molar-refractivity contribution in [2.45, 2.75) is 39.3 Å². The number of hydrogen-bond acceptors (Lipinski definition) is 4. The molecule has 1 amide bonds. The number of nitrogens with two attached hydrogens (primary N) is 1. The van der Waals surface area contributed by atoms with Gasteiger partial charge in [-0.1, -0.05) is 43.7 Å². The highest BCUT2D eigenvalue weighted by molar-refractivity contribution is 5.98. The summed E-state index contributed by atoms with van der Waals surface area (Å²) in [6, 6.07) is 22.5. The summed E-state index contributed by atoms with van der Waals surface area (Å²) in [5.74, 6) is 6.13. The topological polar surface area (TPSA) is 69.7 Å². The van der Waals surface area contributed by atoms with E-state index in [-0.39, 0.29) is 18.3 Å². The molecule has 0 bridgehead atoms. The third-order valence-corrected chi connectivity index (χ3v) is 5.88. The molecule has 37 heavy (non-hydrogen) atoms. The predicted molar refractivity (Wildman–Crippen MR) is 135 cm³/mol. The zero-order valence-electron chi connectivity index (χ0n) is 20.4. The molecular formula is C28H28F3N3O3. The van der Waals surface area contributed by atoms with Crippen molar-refractivity contribution < 1.29 is 27.4 Å². The lowest BCUT2D eigenvalue weighted by Crippen LogP contribution is -2.38. The van der Waals surface area contributed by atoms with E-state index in [0.717, 1.165) is 35.0 Å². The number of amides is 1. The van der Waals surface area contributed by atoms with Crippen LogP contribution in [-0.2, 0) is 13.2 Å². The van der Waals surface area contributed by atoms with Gasteiger partial charge in [0.25, 0.3) is 5.91 Å². The van der Waals surface area contributed by atoms with Crippen LogP contribution in [0.5, 0.6) is 11.5 Å². The second-order valence-electron chi connectivity index (χ2n) is 8.64. The minimum atomic E-state index is -4.75. The van der Waals surface area contributed by atoms with Crippen molar-refractivity contribution in [3.05, 3.63) is 95.7 Å². The second kappa shape index (κ2) is 11.4. The summed E-state index contributed by atoms with van der Waals surface area (Å²) in [6.07, 6.45) is -3.00. The van der Waals surface area contributed by atoms with Crippen LogP contribution in [0, 0.1) is 0 Å². The van der Waals surface area contributed by atoms with Gasteiger partial charge < -0.3 is 14.0 Å². The average Bonchev–Trinajstić information content (AvgIpc) is 3.22. The number of rotatable bonds is 10. The minimum Gasteiger partial charge on any atom is -0.487 e. The van der Waals surface area contributed by atoms with Crippen molar-refractivity contribution in [2.24, 2.45) is 5.84 Å². The molecule has 4 rings (SSSR count). The summed E-state index contributed by atoms with van der Waals surface area (Å²) in [5.41, 5.74) is 2.96. The van der Waals surface area contributed by atoms with E-state index >= 15 is 0 Å². The largest absolute Gasteiger partial charge is 0.573 e. The number of ether oxygens (including phenoxy) is 2. The van der Waals surface area contributed by atoms with Crippen LogP contribution < -0.4 is 15.3 Å². The Morgan fingerprint density at radius 3 is 2.38 bits per heavy atom. The fourth-order valence-corrected chi connectivity index (χ4v) is 4.02. The van der Waals surface area contributed by atoms with Crippen LogP contribution in [0.4, 0.5) is 13.2 Å². The van der Waals surface area contributed by atoms with Crippen molar-refractivity contribution in [3.8, 4) is 11.5 Å². The number of carbonyl (C=O) groups excluding carboxylic acids is 1. The summed E-state index contributed by atoms with van der Waals surface area (Å²) in [7, 11) is 0. The molecule has 0 radical (unpaired) electrons. The van der Waals surface area contributed by atoms with Crippen LogP contribution in [0.15, 0.2) is 78.9 Å². The Bertz CT molecular complexity index is 1340. The molecule has 0 aliphatic rings. The number of unbranched alkanes of at least 4 members (excludes halogenated alkanes) is 1. The number of para-hydroxylation sites is 1. The van der Waals surface area contributed by atoms with E-state index in [2.05, 4.69) is 4.74 Å². The first-order chi connectivity index (χ1) is 17.7. The van der Waals surface area contributed by atoms with Gasteiger partial charge in [-0.25, -0.2) is 5.84 Å². The molecule has 3 aromatic carbocycles. The molecule has 1 heterocycles. The Hall–Kier alpha value is -3.98. The van der Waals surface area contributed by atoms with Crippen molar-refractivity contribution in [3.63, 3.8) is 0 Å². The van der Waals surface area contributed by atoms with Gasteiger partial charge in [-0.3, -0.25) is 9.80 Å². The van der Waals surface area contributed by atoms with Crippen molar-refractivity contribution in [1.82, 2.24) is 9.58 Å². The molecular weight excluding hydrogens is 483 g/mol. The summed E-state index contributed by atoms with van der Waals surface area (Å²) in [6.45, 7) is 3.15. The zero-order valence-corrected chi connectivity index (χ0v) is 20.4. The molecule has 0 atom stereocenters. The first-order valence-electron chi connectivity index (χ1n) is 11.9. The molecule has 0 aliphatic heterocycles. The van der Waals surface area contributed by atoms with Gasteiger partial charge in [0.05, 0.1) is 5.69 Å². The Morgan fingerprint density at radius 1 is 0.973 bits per heavy atom. The van der Waals surface area contributed by atoms with Gasteiger partial charge in [0.1, 0.15) is 18.1 Å². The average molecular weight is 512 g/mol. The van der Waals surface area contributed by atoms with Gasteiger partial charge in [0.2, 0.25) is 0 Å². The standard InChI is InChI=1S/C28H28F3N3O3/c1-2-3-15-34(32)27(35)21-11-14-26-22(16-21)17-23(19-36-24-7-5-4-6-8-24)33(26)18-20-9-12-25(13-10-20)37-28(29,30)31/h4-14,16-17H,2-3,15,18-19,32H2,1H3. The lowest BCUT2D eigenvalue weighted by molar-refractivity contribution is -0.274. The van der Waals surface area contributed by atoms with Crippen LogP contribution in [0.25, 0.3) is 10.9 Å². The maximum absolute atomic E-state index is 12.8. The molecule has 6 nitrogen and oxygen atoms in total. The molecule has 0 spiro atoms. The minimum absolute atomic E-state index is 0.259. The Morgan fingerprint density at radius 2 is 1.70 bits per heavy atom. The summed E-state index contributed by atoms with van der Waals surface area (Å²) in [5, 5.41) is 2.06. The number of nitrogens with zero attached hydrogens (tertiary/aromatic N) is 2. The molecule has 0 saturated heterocycles. The Balaban J connectivity index is 1.63. The third kappa shape index (κ3) is 6.83. The molecule has 0 aliphatic carbocycles. The third-order valence-electron chi connectivity index (χ3n) is 5.88. The zero-order chi connectivity index (χ0) is 26.4. The van der Waals surface area contributed by atoms with Crippen molar-refractivity contribution >= 4 is 16.8 Å². The quantitative estimate of drug-likeness (QED) is 0.155. The summed E-state index contributed by atoms with van der Waals surface area (Å²) in [4.78, 5) is 12.8. The number of halogens is 3. The van der Waals surface area contributed by atoms with Crippen LogP contribution in [-0.4, -0.2) is 28.4 Å². The highest BCUT2D eigenvalue weighted by atomic mass is 19.4. The number of hydrogen-bond donors (Lipinski definition) is 1. The summed E-state index contributed by atoms with van der Waals surface area (Å²) >= 11 is 0. The molecule has 194 valence electrons. The van der Waals surface area contributed by atoms with Crippen LogP contribution >= 0.6 is 0 Å². The number of carbonyl (C=O) groups is 1. The molecule has 0 fully saturated rings. The molecule has 4 aromatic rings. The molecule has 0 unspecified atom stereocenters. The monoisotopic (exact) mass is 511 g/mol. The van der Waals surface area contributed by atoms with E-state index in [9.17, 15) is 18.0 Å². The molecule has 2 N–H and O–H groups in total. The lowest BCUT2D eigenvalue weighted by Gasteiger charge is -2.16. The maximum Gasteiger partial charge on any atom is 0.573 e. The lowest BCUT2D eigenvalue weighted by atomic mass is 10.1. The van der Waals surface area contributed by atoms with Gasteiger partial charge in [-0.05, 0) is 60.5 Å². The second-order valence-corrected chi connectivity index (χ2v) is 8.64. The van der Waals surface area contributed by atoms with E-state index in [1.165, 1.54) is 17.1 Å². The normalized spacial score (nSPS) is 11.5. The van der Waals surface area contributed by atoms with E-state index in [0.29, 0.717) is 24.4 Å². The Labute approximate surface area is 213 Å². The maximum atomic E-state index is 12.8.